The molecule has 0 amide bonds. The zero-order valence-corrected chi connectivity index (χ0v) is 15.8. The fourth-order valence-electron chi connectivity index (χ4n) is 5.28. The standard InChI is InChI=1S/C20H30N4/c1-14(2)18-21(5)10-12-23(18)15-8-7-9-16-17(15)20(3,4)19-22(6)11-13-24(16)19/h7-10,12,14,18-19H,11,13H2,1-6H3. The van der Waals surface area contributed by atoms with Crippen LogP contribution in [0.4, 0.5) is 11.4 Å². The van der Waals surface area contributed by atoms with E-state index < -0.39 is 0 Å². The topological polar surface area (TPSA) is 13.0 Å². The van der Waals surface area contributed by atoms with Gasteiger partial charge in [0.05, 0.1) is 6.17 Å². The molecule has 3 heterocycles. The number of hydrogen-bond acceptors (Lipinski definition) is 4. The third-order valence-corrected chi connectivity index (χ3v) is 6.07. The van der Waals surface area contributed by atoms with E-state index in [1.165, 1.54) is 16.9 Å². The van der Waals surface area contributed by atoms with E-state index in [4.69, 9.17) is 0 Å². The Morgan fingerprint density at radius 1 is 1.04 bits per heavy atom. The Kier molecular flexibility index (Phi) is 3.40. The summed E-state index contributed by atoms with van der Waals surface area (Å²) in [5.74, 6) is 0.563. The first-order chi connectivity index (χ1) is 11.3. The van der Waals surface area contributed by atoms with Crippen LogP contribution in [-0.2, 0) is 5.41 Å². The van der Waals surface area contributed by atoms with Crippen molar-refractivity contribution in [2.75, 3.05) is 37.0 Å². The van der Waals surface area contributed by atoms with Gasteiger partial charge in [-0.3, -0.25) is 4.90 Å². The Hall–Kier alpha value is -1.68. The van der Waals surface area contributed by atoms with Crippen LogP contribution in [0, 0.1) is 5.92 Å². The highest BCUT2D eigenvalue weighted by atomic mass is 15.4. The van der Waals surface area contributed by atoms with Gasteiger partial charge in [0, 0.05) is 54.9 Å². The molecule has 0 aromatic heterocycles. The predicted octanol–water partition coefficient (Wildman–Crippen LogP) is 3.26. The maximum Gasteiger partial charge on any atom is 0.107 e. The summed E-state index contributed by atoms with van der Waals surface area (Å²) in [5.41, 5.74) is 4.43. The summed E-state index contributed by atoms with van der Waals surface area (Å²) in [7, 11) is 4.44. The van der Waals surface area contributed by atoms with E-state index >= 15 is 0 Å². The van der Waals surface area contributed by atoms with Gasteiger partial charge in [0.1, 0.15) is 6.17 Å². The highest BCUT2D eigenvalue weighted by Crippen LogP contribution is 2.52. The maximum atomic E-state index is 2.60. The predicted molar refractivity (Wildman–Crippen MR) is 101 cm³/mol. The van der Waals surface area contributed by atoms with Crippen LogP contribution in [0.15, 0.2) is 30.6 Å². The molecule has 2 unspecified atom stereocenters. The monoisotopic (exact) mass is 326 g/mol. The zero-order valence-electron chi connectivity index (χ0n) is 15.8. The molecule has 0 bridgehead atoms. The van der Waals surface area contributed by atoms with Gasteiger partial charge in [-0.1, -0.05) is 33.8 Å². The van der Waals surface area contributed by atoms with E-state index in [0.717, 1.165) is 13.1 Å². The molecule has 4 nitrogen and oxygen atoms in total. The molecule has 4 rings (SSSR count). The summed E-state index contributed by atoms with van der Waals surface area (Å²) in [6.45, 7) is 11.7. The first-order valence-corrected chi connectivity index (χ1v) is 9.13. The van der Waals surface area contributed by atoms with Gasteiger partial charge in [0.2, 0.25) is 0 Å². The highest BCUT2D eigenvalue weighted by molar-refractivity contribution is 5.76. The molecule has 3 aliphatic heterocycles. The molecule has 24 heavy (non-hydrogen) atoms. The van der Waals surface area contributed by atoms with Gasteiger partial charge in [-0.25, -0.2) is 0 Å². The van der Waals surface area contributed by atoms with E-state index in [9.17, 15) is 0 Å². The highest BCUT2D eigenvalue weighted by Gasteiger charge is 2.51. The van der Waals surface area contributed by atoms with E-state index in [0.29, 0.717) is 18.2 Å². The van der Waals surface area contributed by atoms with Crippen molar-refractivity contribution in [3.8, 4) is 0 Å². The minimum Gasteiger partial charge on any atom is -0.359 e. The summed E-state index contributed by atoms with van der Waals surface area (Å²) in [4.78, 5) is 9.93. The van der Waals surface area contributed by atoms with Gasteiger partial charge in [-0.2, -0.15) is 0 Å². The number of fused-ring (bicyclic) bond motifs is 3. The molecule has 2 atom stereocenters. The number of benzene rings is 1. The molecule has 3 aliphatic rings. The second kappa shape index (κ2) is 5.16. The molecule has 130 valence electrons. The Labute approximate surface area is 146 Å². The second-order valence-corrected chi connectivity index (χ2v) is 8.47. The molecule has 0 N–H and O–H groups in total. The molecular formula is C20H30N4. The molecule has 0 saturated carbocycles. The van der Waals surface area contributed by atoms with Crippen molar-refractivity contribution in [2.24, 2.45) is 5.92 Å². The maximum absolute atomic E-state index is 2.60. The van der Waals surface area contributed by atoms with E-state index in [2.05, 4.69) is 92.0 Å². The molecule has 0 radical (unpaired) electrons. The van der Waals surface area contributed by atoms with Crippen LogP contribution in [0.2, 0.25) is 0 Å². The van der Waals surface area contributed by atoms with Crippen LogP contribution in [-0.4, -0.2) is 49.3 Å². The lowest BCUT2D eigenvalue weighted by molar-refractivity contribution is 0.230. The largest absolute Gasteiger partial charge is 0.359 e. The van der Waals surface area contributed by atoms with Crippen LogP contribution >= 0.6 is 0 Å². The third kappa shape index (κ3) is 1.95. The number of nitrogens with zero attached hydrogens (tertiary/aromatic N) is 4. The summed E-state index contributed by atoms with van der Waals surface area (Å²) >= 11 is 0. The quantitative estimate of drug-likeness (QED) is 0.827. The van der Waals surface area contributed by atoms with Crippen LogP contribution in [0.5, 0.6) is 0 Å². The van der Waals surface area contributed by atoms with Gasteiger partial charge in [-0.15, -0.1) is 0 Å². The van der Waals surface area contributed by atoms with E-state index in [1.807, 2.05) is 0 Å². The zero-order chi connectivity index (χ0) is 17.2. The Bertz CT molecular complexity index is 678. The van der Waals surface area contributed by atoms with Crippen molar-refractivity contribution in [3.05, 3.63) is 36.2 Å². The summed E-state index contributed by atoms with van der Waals surface area (Å²) in [6.07, 6.45) is 5.32. The lowest BCUT2D eigenvalue weighted by Crippen LogP contribution is -2.46. The molecular weight excluding hydrogens is 296 g/mol. The van der Waals surface area contributed by atoms with E-state index in [1.54, 1.807) is 0 Å². The Morgan fingerprint density at radius 2 is 1.75 bits per heavy atom. The molecule has 0 spiro atoms. The lowest BCUT2D eigenvalue weighted by atomic mass is 9.82. The van der Waals surface area contributed by atoms with Gasteiger partial charge in [-0.05, 0) is 25.1 Å². The van der Waals surface area contributed by atoms with Crippen LogP contribution < -0.4 is 9.80 Å². The number of likely N-dealkylation sites (N-methyl/N-ethyl adjacent to an activating group) is 1. The molecule has 4 heteroatoms. The van der Waals surface area contributed by atoms with Crippen molar-refractivity contribution in [2.45, 2.75) is 45.4 Å². The average molecular weight is 326 g/mol. The van der Waals surface area contributed by atoms with Crippen molar-refractivity contribution in [1.82, 2.24) is 9.80 Å². The lowest BCUT2D eigenvalue weighted by Gasteiger charge is -2.37. The van der Waals surface area contributed by atoms with Gasteiger partial charge >= 0.3 is 0 Å². The number of anilines is 2. The van der Waals surface area contributed by atoms with Crippen LogP contribution in [0.1, 0.15) is 33.3 Å². The normalized spacial score (nSPS) is 28.2. The van der Waals surface area contributed by atoms with Gasteiger partial charge < -0.3 is 14.7 Å². The van der Waals surface area contributed by atoms with Crippen molar-refractivity contribution >= 4 is 11.4 Å². The van der Waals surface area contributed by atoms with Crippen molar-refractivity contribution < 1.29 is 0 Å². The van der Waals surface area contributed by atoms with Gasteiger partial charge in [0.15, 0.2) is 0 Å². The minimum absolute atomic E-state index is 0.119. The van der Waals surface area contributed by atoms with Gasteiger partial charge in [0.25, 0.3) is 0 Å². The van der Waals surface area contributed by atoms with E-state index in [-0.39, 0.29) is 5.41 Å². The number of hydrogen-bond donors (Lipinski definition) is 0. The molecule has 0 aliphatic carbocycles. The Balaban J connectivity index is 1.84. The summed E-state index contributed by atoms with van der Waals surface area (Å²) < 4.78 is 0. The molecule has 1 fully saturated rings. The minimum atomic E-state index is 0.119. The van der Waals surface area contributed by atoms with Crippen molar-refractivity contribution in [1.29, 1.82) is 0 Å². The summed E-state index contributed by atoms with van der Waals surface area (Å²) in [6, 6.07) is 6.85. The third-order valence-electron chi connectivity index (χ3n) is 6.07. The second-order valence-electron chi connectivity index (χ2n) is 8.47. The smallest absolute Gasteiger partial charge is 0.107 e. The first kappa shape index (κ1) is 15.8. The van der Waals surface area contributed by atoms with Crippen LogP contribution in [0.3, 0.4) is 0 Å². The molecule has 1 saturated heterocycles. The van der Waals surface area contributed by atoms with Crippen LogP contribution in [0.25, 0.3) is 0 Å². The number of rotatable bonds is 2. The molecule has 1 aromatic rings. The van der Waals surface area contributed by atoms with Crippen molar-refractivity contribution in [3.63, 3.8) is 0 Å². The first-order valence-electron chi connectivity index (χ1n) is 9.13. The average Bonchev–Trinajstić information content (AvgIpc) is 3.15. The fraction of sp³-hybridized carbons (Fsp3) is 0.600. The SMILES string of the molecule is CC(C)C1N(C)C=CN1c1cccc2c1C(C)(C)C1N(C)CCN21. The molecule has 1 aromatic carbocycles. The summed E-state index contributed by atoms with van der Waals surface area (Å²) in [5, 5.41) is 0. The Morgan fingerprint density at radius 3 is 2.46 bits per heavy atom. The fourth-order valence-corrected chi connectivity index (χ4v) is 5.28.